The zero-order chi connectivity index (χ0) is 16.1. The first-order valence-corrected chi connectivity index (χ1v) is 8.01. The second-order valence-corrected chi connectivity index (χ2v) is 7.21. The third-order valence-electron chi connectivity index (χ3n) is 5.95. The van der Waals surface area contributed by atoms with Crippen molar-refractivity contribution in [1.29, 1.82) is 0 Å². The maximum atomic E-state index is 11.9. The second kappa shape index (κ2) is 5.62. The summed E-state index contributed by atoms with van der Waals surface area (Å²) in [6.07, 6.45) is 1.86. The molecule has 0 spiro atoms. The van der Waals surface area contributed by atoms with Gasteiger partial charge in [0, 0.05) is 37.5 Å². The van der Waals surface area contributed by atoms with Gasteiger partial charge in [-0.25, -0.2) is 4.79 Å². The molecule has 0 radical (unpaired) electrons. The van der Waals surface area contributed by atoms with Crippen LogP contribution in [0.4, 0.5) is 0 Å². The summed E-state index contributed by atoms with van der Waals surface area (Å²) in [5.74, 6) is 0.612. The monoisotopic (exact) mass is 310 g/mol. The lowest BCUT2D eigenvalue weighted by Crippen LogP contribution is -2.52. The van der Waals surface area contributed by atoms with Crippen molar-refractivity contribution in [3.63, 3.8) is 0 Å². The van der Waals surface area contributed by atoms with Crippen molar-refractivity contribution in [3.05, 3.63) is 12.2 Å². The van der Waals surface area contributed by atoms with Crippen LogP contribution in [0.15, 0.2) is 12.2 Å². The van der Waals surface area contributed by atoms with Gasteiger partial charge in [0.2, 0.25) is 0 Å². The molecule has 0 aromatic rings. The van der Waals surface area contributed by atoms with Gasteiger partial charge >= 0.3 is 5.97 Å². The molecule has 3 rings (SSSR count). The van der Waals surface area contributed by atoms with Crippen LogP contribution in [0.2, 0.25) is 0 Å². The Balaban J connectivity index is 1.95. The number of methoxy groups -OCH3 is 2. The van der Waals surface area contributed by atoms with Crippen LogP contribution in [0, 0.1) is 23.2 Å². The predicted molar refractivity (Wildman–Crippen MR) is 79.8 cm³/mol. The minimum atomic E-state index is -0.346. The molecule has 1 saturated carbocycles. The number of rotatable bonds is 2. The first kappa shape index (κ1) is 16.0. The fourth-order valence-corrected chi connectivity index (χ4v) is 4.75. The molecule has 0 aromatic heterocycles. The average Bonchev–Trinajstić information content (AvgIpc) is 2.68. The fraction of sp³-hybridized carbons (Fsp3) is 0.824. The predicted octanol–water partition coefficient (Wildman–Crippen LogP) is 2.50. The molecular formula is C17H26O5. The highest BCUT2D eigenvalue weighted by atomic mass is 16.8. The minimum absolute atomic E-state index is 0.0593. The van der Waals surface area contributed by atoms with Gasteiger partial charge in [-0.1, -0.05) is 20.4 Å². The fourth-order valence-electron chi connectivity index (χ4n) is 4.75. The number of ether oxygens (including phenoxy) is 4. The smallest absolute Gasteiger partial charge is 0.334 e. The highest BCUT2D eigenvalue weighted by molar-refractivity contribution is 5.90. The molecule has 0 N–H and O–H groups in total. The van der Waals surface area contributed by atoms with Gasteiger partial charge in [-0.15, -0.1) is 0 Å². The lowest BCUT2D eigenvalue weighted by atomic mass is 9.65. The van der Waals surface area contributed by atoms with E-state index in [0.29, 0.717) is 17.4 Å². The van der Waals surface area contributed by atoms with E-state index in [1.54, 1.807) is 14.2 Å². The van der Waals surface area contributed by atoms with Crippen LogP contribution in [0.1, 0.15) is 33.1 Å². The van der Waals surface area contributed by atoms with Gasteiger partial charge in [0.1, 0.15) is 6.10 Å². The molecule has 7 atom stereocenters. The van der Waals surface area contributed by atoms with Crippen molar-refractivity contribution in [2.45, 2.75) is 51.8 Å². The highest BCUT2D eigenvalue weighted by Crippen LogP contribution is 2.55. The van der Waals surface area contributed by atoms with E-state index in [9.17, 15) is 4.79 Å². The molecule has 0 aromatic carbocycles. The number of carbonyl (C=O) groups is 1. The molecule has 0 amide bonds. The van der Waals surface area contributed by atoms with E-state index in [2.05, 4.69) is 20.4 Å². The van der Waals surface area contributed by atoms with Gasteiger partial charge in [-0.05, 0) is 24.7 Å². The third kappa shape index (κ3) is 2.30. The van der Waals surface area contributed by atoms with Gasteiger partial charge in [0.05, 0.1) is 0 Å². The van der Waals surface area contributed by atoms with Crippen molar-refractivity contribution in [1.82, 2.24) is 0 Å². The number of fused-ring (bicyclic) bond motifs is 2. The largest absolute Gasteiger partial charge is 0.458 e. The van der Waals surface area contributed by atoms with Crippen molar-refractivity contribution in [2.24, 2.45) is 23.2 Å². The summed E-state index contributed by atoms with van der Waals surface area (Å²) in [5, 5.41) is 0. The van der Waals surface area contributed by atoms with Gasteiger partial charge in [0.15, 0.2) is 12.6 Å². The average molecular weight is 310 g/mol. The Bertz CT molecular complexity index is 476. The molecule has 22 heavy (non-hydrogen) atoms. The molecular weight excluding hydrogens is 284 g/mol. The summed E-state index contributed by atoms with van der Waals surface area (Å²) < 4.78 is 22.6. The Labute approximate surface area is 131 Å². The van der Waals surface area contributed by atoms with E-state index < -0.39 is 0 Å². The van der Waals surface area contributed by atoms with Crippen molar-refractivity contribution >= 4 is 5.97 Å². The quantitative estimate of drug-likeness (QED) is 0.579. The molecule has 5 nitrogen and oxygen atoms in total. The summed E-state index contributed by atoms with van der Waals surface area (Å²) in [6, 6.07) is 0. The summed E-state index contributed by atoms with van der Waals surface area (Å²) in [7, 11) is 3.34. The maximum absolute atomic E-state index is 11.9. The van der Waals surface area contributed by atoms with Crippen LogP contribution in [-0.2, 0) is 23.7 Å². The molecule has 2 heterocycles. The lowest BCUT2D eigenvalue weighted by molar-refractivity contribution is -0.318. The van der Waals surface area contributed by atoms with Crippen molar-refractivity contribution in [2.75, 3.05) is 14.2 Å². The number of esters is 1. The van der Waals surface area contributed by atoms with Gasteiger partial charge in [0.25, 0.3) is 0 Å². The molecule has 5 heteroatoms. The van der Waals surface area contributed by atoms with E-state index in [4.69, 9.17) is 18.9 Å². The molecule has 2 saturated heterocycles. The minimum Gasteiger partial charge on any atom is -0.458 e. The molecule has 1 aliphatic carbocycles. The maximum Gasteiger partial charge on any atom is 0.334 e. The second-order valence-electron chi connectivity index (χ2n) is 7.21. The topological polar surface area (TPSA) is 54.0 Å². The summed E-state index contributed by atoms with van der Waals surface area (Å²) in [6.45, 7) is 8.38. The van der Waals surface area contributed by atoms with Gasteiger partial charge in [-0.2, -0.15) is 0 Å². The number of hydrogen-bond acceptors (Lipinski definition) is 5. The number of hydrogen-bond donors (Lipinski definition) is 0. The first-order valence-electron chi connectivity index (χ1n) is 8.01. The van der Waals surface area contributed by atoms with Gasteiger partial charge in [-0.3, -0.25) is 0 Å². The van der Waals surface area contributed by atoms with Crippen LogP contribution in [-0.4, -0.2) is 38.9 Å². The van der Waals surface area contributed by atoms with E-state index in [1.165, 1.54) is 0 Å². The molecule has 0 bridgehead atoms. The number of carbonyl (C=O) groups excluding carboxylic acids is 1. The van der Waals surface area contributed by atoms with Crippen molar-refractivity contribution < 1.29 is 23.7 Å². The standard InChI is InChI=1S/C17H26O5/c1-9-6-13-11(10(2)15(18)21-13)8-17(3)12(9)7-14(19-4)22-16(17)20-5/h9,11-14,16H,2,6-8H2,1,3-5H3/t9-,11-,12+,13-,14-,16-,17+/m1/s1. The van der Waals surface area contributed by atoms with E-state index >= 15 is 0 Å². The van der Waals surface area contributed by atoms with Crippen LogP contribution in [0.3, 0.4) is 0 Å². The first-order chi connectivity index (χ1) is 10.4. The highest BCUT2D eigenvalue weighted by Gasteiger charge is 2.57. The molecule has 3 aliphatic rings. The van der Waals surface area contributed by atoms with E-state index in [-0.39, 0.29) is 36.0 Å². The molecule has 124 valence electrons. The third-order valence-corrected chi connectivity index (χ3v) is 5.95. The van der Waals surface area contributed by atoms with Crippen LogP contribution < -0.4 is 0 Å². The van der Waals surface area contributed by atoms with E-state index in [1.807, 2.05) is 0 Å². The zero-order valence-electron chi connectivity index (χ0n) is 13.8. The van der Waals surface area contributed by atoms with Gasteiger partial charge < -0.3 is 18.9 Å². The Morgan fingerprint density at radius 3 is 2.64 bits per heavy atom. The summed E-state index contributed by atoms with van der Waals surface area (Å²) >= 11 is 0. The molecule has 0 unspecified atom stereocenters. The lowest BCUT2D eigenvalue weighted by Gasteiger charge is -2.50. The van der Waals surface area contributed by atoms with Crippen LogP contribution in [0.5, 0.6) is 0 Å². The Morgan fingerprint density at radius 1 is 1.27 bits per heavy atom. The molecule has 3 fully saturated rings. The van der Waals surface area contributed by atoms with Crippen LogP contribution in [0.25, 0.3) is 0 Å². The Kier molecular flexibility index (Phi) is 4.08. The summed E-state index contributed by atoms with van der Waals surface area (Å²) in [5.41, 5.74) is 0.419. The zero-order valence-corrected chi connectivity index (χ0v) is 13.8. The Morgan fingerprint density at radius 2 is 2.00 bits per heavy atom. The van der Waals surface area contributed by atoms with E-state index in [0.717, 1.165) is 19.3 Å². The molecule has 2 aliphatic heterocycles. The normalized spacial score (nSPS) is 48.4. The van der Waals surface area contributed by atoms with Crippen LogP contribution >= 0.6 is 0 Å². The Hall–Kier alpha value is -0.910. The SMILES string of the molecule is C=C1C(=O)O[C@@H]2C[C@@H](C)[C@@H]3C[C@H](OC)O[C@@H](OC)[C@@]3(C)C[C@H]12. The summed E-state index contributed by atoms with van der Waals surface area (Å²) in [4.78, 5) is 11.9. The van der Waals surface area contributed by atoms with Crippen molar-refractivity contribution in [3.8, 4) is 0 Å².